The highest BCUT2D eigenvalue weighted by Crippen LogP contribution is 2.32. The molecule has 2 aromatic heterocycles. The maximum Gasteiger partial charge on any atom is 0.227 e. The largest absolute Gasteiger partial charge is 0.339 e. The number of aryl methyl sites for hydroxylation is 1. The zero-order chi connectivity index (χ0) is 17.1. The number of aromatic nitrogens is 2. The molecule has 0 amide bonds. The zero-order valence-electron chi connectivity index (χ0n) is 13.9. The fraction of sp³-hybridized carbons (Fsp3) is 0.368. The summed E-state index contributed by atoms with van der Waals surface area (Å²) in [6.07, 6.45) is 4.08. The number of likely N-dealkylation sites (tertiary alicyclic amines) is 1. The van der Waals surface area contributed by atoms with Crippen molar-refractivity contribution in [2.75, 3.05) is 13.1 Å². The Bertz CT molecular complexity index is 800. The first-order valence-electron chi connectivity index (χ1n) is 8.65. The Labute approximate surface area is 150 Å². The van der Waals surface area contributed by atoms with Crippen molar-refractivity contribution >= 4 is 11.3 Å². The summed E-state index contributed by atoms with van der Waals surface area (Å²) >= 11 is 1.61. The number of hydrogen-bond acceptors (Lipinski definition) is 5. The fourth-order valence-corrected chi connectivity index (χ4v) is 4.10. The third kappa shape index (κ3) is 3.80. The Kier molecular flexibility index (Phi) is 4.90. The van der Waals surface area contributed by atoms with Crippen molar-refractivity contribution in [3.63, 3.8) is 0 Å². The molecular weight excluding hydrogens is 337 g/mol. The van der Waals surface area contributed by atoms with Crippen molar-refractivity contribution in [1.29, 1.82) is 0 Å². The molecule has 1 atom stereocenters. The highest BCUT2D eigenvalue weighted by atomic mass is 32.1. The molecule has 0 spiro atoms. The predicted octanol–water partition coefficient (Wildman–Crippen LogP) is 4.71. The molecule has 6 heteroatoms. The molecule has 0 bridgehead atoms. The lowest BCUT2D eigenvalue weighted by molar-refractivity contribution is 0.249. The number of benzene rings is 1. The van der Waals surface area contributed by atoms with E-state index in [1.807, 2.05) is 29.6 Å². The first-order valence-corrected chi connectivity index (χ1v) is 9.53. The first kappa shape index (κ1) is 16.4. The summed E-state index contributed by atoms with van der Waals surface area (Å²) in [4.78, 5) is 7.99. The van der Waals surface area contributed by atoms with E-state index in [2.05, 4.69) is 15.0 Å². The molecule has 0 aliphatic carbocycles. The van der Waals surface area contributed by atoms with Crippen molar-refractivity contribution in [2.24, 2.45) is 0 Å². The average molecular weight is 357 g/mol. The number of nitrogens with zero attached hydrogens (tertiary/aromatic N) is 3. The van der Waals surface area contributed by atoms with E-state index in [0.29, 0.717) is 17.8 Å². The van der Waals surface area contributed by atoms with Crippen molar-refractivity contribution in [2.45, 2.75) is 31.7 Å². The SMILES string of the molecule is Fc1ccc(C2CCCN2CCCc2nc(-c3cccs3)no2)cc1. The zero-order valence-corrected chi connectivity index (χ0v) is 14.7. The molecule has 1 aromatic carbocycles. The van der Waals surface area contributed by atoms with Crippen LogP contribution in [-0.4, -0.2) is 28.1 Å². The van der Waals surface area contributed by atoms with Crippen LogP contribution in [0.5, 0.6) is 0 Å². The smallest absolute Gasteiger partial charge is 0.227 e. The van der Waals surface area contributed by atoms with Gasteiger partial charge < -0.3 is 4.52 Å². The highest BCUT2D eigenvalue weighted by Gasteiger charge is 2.25. The lowest BCUT2D eigenvalue weighted by Crippen LogP contribution is -2.24. The lowest BCUT2D eigenvalue weighted by Gasteiger charge is -2.24. The summed E-state index contributed by atoms with van der Waals surface area (Å²) in [5.41, 5.74) is 1.21. The van der Waals surface area contributed by atoms with Crippen molar-refractivity contribution in [3.8, 4) is 10.7 Å². The van der Waals surface area contributed by atoms with Gasteiger partial charge in [0.1, 0.15) is 5.82 Å². The molecule has 0 N–H and O–H groups in total. The van der Waals surface area contributed by atoms with Gasteiger partial charge in [-0.2, -0.15) is 4.98 Å². The Morgan fingerprint density at radius 2 is 2.12 bits per heavy atom. The van der Waals surface area contributed by atoms with Crippen molar-refractivity contribution in [3.05, 3.63) is 59.0 Å². The third-order valence-corrected chi connectivity index (χ3v) is 5.53. The van der Waals surface area contributed by atoms with Gasteiger partial charge in [0, 0.05) is 12.5 Å². The maximum absolute atomic E-state index is 13.1. The summed E-state index contributed by atoms with van der Waals surface area (Å²) in [7, 11) is 0. The normalized spacial score (nSPS) is 18.0. The topological polar surface area (TPSA) is 42.2 Å². The Hall–Kier alpha value is -2.05. The van der Waals surface area contributed by atoms with Crippen LogP contribution < -0.4 is 0 Å². The molecule has 3 aromatic rings. The van der Waals surface area contributed by atoms with E-state index in [1.165, 1.54) is 12.0 Å². The Morgan fingerprint density at radius 3 is 2.92 bits per heavy atom. The molecule has 0 saturated carbocycles. The van der Waals surface area contributed by atoms with Crippen molar-refractivity contribution < 1.29 is 8.91 Å². The molecule has 25 heavy (non-hydrogen) atoms. The molecule has 1 unspecified atom stereocenters. The van der Waals surface area contributed by atoms with Gasteiger partial charge in [-0.15, -0.1) is 11.3 Å². The van der Waals surface area contributed by atoms with Gasteiger partial charge in [0.05, 0.1) is 4.88 Å². The van der Waals surface area contributed by atoms with Crippen LogP contribution in [0.2, 0.25) is 0 Å². The summed E-state index contributed by atoms with van der Waals surface area (Å²) in [5, 5.41) is 6.06. The molecule has 0 radical (unpaired) electrons. The van der Waals surface area contributed by atoms with Crippen LogP contribution in [0.4, 0.5) is 4.39 Å². The Balaban J connectivity index is 1.32. The summed E-state index contributed by atoms with van der Waals surface area (Å²) in [6.45, 7) is 2.07. The number of thiophene rings is 1. The summed E-state index contributed by atoms with van der Waals surface area (Å²) < 4.78 is 18.5. The average Bonchev–Trinajstić information content (AvgIpc) is 3.37. The highest BCUT2D eigenvalue weighted by molar-refractivity contribution is 7.13. The number of rotatable bonds is 6. The van der Waals surface area contributed by atoms with Crippen LogP contribution in [0.1, 0.15) is 36.8 Å². The van der Waals surface area contributed by atoms with E-state index in [4.69, 9.17) is 4.52 Å². The minimum Gasteiger partial charge on any atom is -0.339 e. The van der Waals surface area contributed by atoms with Crippen LogP contribution in [-0.2, 0) is 6.42 Å². The lowest BCUT2D eigenvalue weighted by atomic mass is 10.0. The molecular formula is C19H20FN3OS. The van der Waals surface area contributed by atoms with E-state index < -0.39 is 0 Å². The van der Waals surface area contributed by atoms with Crippen LogP contribution in [0.15, 0.2) is 46.3 Å². The van der Waals surface area contributed by atoms with Gasteiger partial charge in [0.25, 0.3) is 0 Å². The molecule has 1 fully saturated rings. The first-order chi connectivity index (χ1) is 12.3. The Morgan fingerprint density at radius 1 is 1.24 bits per heavy atom. The van der Waals surface area contributed by atoms with Gasteiger partial charge in [-0.3, -0.25) is 4.90 Å². The number of halogens is 1. The second kappa shape index (κ2) is 7.45. The molecule has 3 heterocycles. The predicted molar refractivity (Wildman–Crippen MR) is 95.9 cm³/mol. The summed E-state index contributed by atoms with van der Waals surface area (Å²) in [6, 6.07) is 11.3. The minimum atomic E-state index is -0.175. The second-order valence-corrected chi connectivity index (χ2v) is 7.29. The second-order valence-electron chi connectivity index (χ2n) is 6.34. The quantitative estimate of drug-likeness (QED) is 0.641. The van der Waals surface area contributed by atoms with Gasteiger partial charge in [-0.05, 0) is 61.5 Å². The standard InChI is InChI=1S/C19H20FN3OS/c20-15-9-7-14(8-10-15)16-4-1-11-23(16)12-2-6-18-21-19(22-24-18)17-5-3-13-25-17/h3,5,7-10,13,16H,1-2,4,6,11-12H2. The number of hydrogen-bond donors (Lipinski definition) is 0. The molecule has 1 aliphatic heterocycles. The molecule has 4 rings (SSSR count). The van der Waals surface area contributed by atoms with E-state index in [-0.39, 0.29) is 5.82 Å². The maximum atomic E-state index is 13.1. The van der Waals surface area contributed by atoms with Gasteiger partial charge in [-0.1, -0.05) is 23.4 Å². The van der Waals surface area contributed by atoms with Crippen LogP contribution in [0.25, 0.3) is 10.7 Å². The van der Waals surface area contributed by atoms with Crippen LogP contribution >= 0.6 is 11.3 Å². The van der Waals surface area contributed by atoms with Gasteiger partial charge >= 0.3 is 0 Å². The van der Waals surface area contributed by atoms with Gasteiger partial charge in [0.2, 0.25) is 11.7 Å². The van der Waals surface area contributed by atoms with E-state index in [1.54, 1.807) is 23.5 Å². The molecule has 1 aliphatic rings. The molecule has 4 nitrogen and oxygen atoms in total. The van der Waals surface area contributed by atoms with Gasteiger partial charge in [0.15, 0.2) is 0 Å². The fourth-order valence-electron chi connectivity index (χ4n) is 3.45. The van der Waals surface area contributed by atoms with E-state index in [0.717, 1.165) is 37.2 Å². The van der Waals surface area contributed by atoms with Crippen LogP contribution in [0.3, 0.4) is 0 Å². The molecule has 1 saturated heterocycles. The van der Waals surface area contributed by atoms with E-state index in [9.17, 15) is 4.39 Å². The monoisotopic (exact) mass is 357 g/mol. The van der Waals surface area contributed by atoms with Gasteiger partial charge in [-0.25, -0.2) is 4.39 Å². The summed E-state index contributed by atoms with van der Waals surface area (Å²) in [5.74, 6) is 1.20. The van der Waals surface area contributed by atoms with Crippen molar-refractivity contribution in [1.82, 2.24) is 15.0 Å². The minimum absolute atomic E-state index is 0.175. The van der Waals surface area contributed by atoms with E-state index >= 15 is 0 Å². The molecule has 130 valence electrons. The van der Waals surface area contributed by atoms with Crippen LogP contribution in [0, 0.1) is 5.82 Å². The third-order valence-electron chi connectivity index (χ3n) is 4.66.